The van der Waals surface area contributed by atoms with Crippen LogP contribution < -0.4 is 0 Å². The third kappa shape index (κ3) is 4.47. The van der Waals surface area contributed by atoms with E-state index in [1.165, 1.54) is 0 Å². The first-order valence-electron chi connectivity index (χ1n) is 29.4. The van der Waals surface area contributed by atoms with Crippen LogP contribution in [0.3, 0.4) is 0 Å². The van der Waals surface area contributed by atoms with Gasteiger partial charge in [-0.25, -0.2) is 0 Å². The molecule has 0 aliphatic heterocycles. The highest BCUT2D eigenvalue weighted by atomic mass is 16.3. The van der Waals surface area contributed by atoms with Crippen LogP contribution in [0.15, 0.2) is 186 Å². The summed E-state index contributed by atoms with van der Waals surface area (Å²) in [5.41, 5.74) is -7.53. The molecule has 0 aliphatic rings. The van der Waals surface area contributed by atoms with Gasteiger partial charge in [0.15, 0.2) is 0 Å². The molecule has 0 unspecified atom stereocenters. The van der Waals surface area contributed by atoms with Crippen molar-refractivity contribution in [2.45, 2.75) is 0 Å². The van der Waals surface area contributed by atoms with E-state index in [1.54, 1.807) is 0 Å². The highest BCUT2D eigenvalue weighted by molar-refractivity contribution is 6.22. The van der Waals surface area contributed by atoms with Crippen LogP contribution in [0.4, 0.5) is 0 Å². The fraction of sp³-hybridized carbons (Fsp3) is 0. The van der Waals surface area contributed by atoms with Crippen molar-refractivity contribution >= 4 is 54.3 Å². The predicted molar refractivity (Wildman–Crippen MR) is 208 cm³/mol. The fourth-order valence-electron chi connectivity index (χ4n) is 5.70. The van der Waals surface area contributed by atoms with E-state index in [2.05, 4.69) is 0 Å². The fourth-order valence-corrected chi connectivity index (χ4v) is 5.70. The van der Waals surface area contributed by atoms with Crippen molar-refractivity contribution in [2.24, 2.45) is 0 Å². The molecular formula is C48H30O. The SMILES string of the molecule is [2H]c1c([2H])c([2H])c(-c2c([2H])c([2H])c3c(oc4c([2H])c(-c5c6c([2H])c([2H])c([2H])c([2H])c6c(-c6c([2H])c([2H])c(-c7c([2H])c([2H])c([2H])c8c([2H])c([2H])c([2H])c([2H])c78)c([2H])c6[2H])c6c([2H])c([2H])c([2H])c([2H])c56)c([2H])c([2H])c43)c2[2H])c([2H])c1[2H]. The topological polar surface area (TPSA) is 13.1 Å². The first-order chi connectivity index (χ1) is 36.8. The van der Waals surface area contributed by atoms with Gasteiger partial charge < -0.3 is 4.42 Å². The molecule has 0 N–H and O–H groups in total. The average Bonchev–Trinajstić information content (AvgIpc) is 3.58. The molecule has 0 radical (unpaired) electrons. The minimum Gasteiger partial charge on any atom is -0.456 e. The summed E-state index contributed by atoms with van der Waals surface area (Å²) in [5, 5.41) is -5.36. The van der Waals surface area contributed by atoms with E-state index in [4.69, 9.17) is 29.1 Å². The molecule has 228 valence electrons. The van der Waals surface area contributed by atoms with Crippen LogP contribution in [0, 0.1) is 0 Å². The van der Waals surface area contributed by atoms with Gasteiger partial charge in [0.05, 0.1) is 41.1 Å². The summed E-state index contributed by atoms with van der Waals surface area (Å²) in [5.74, 6) is 0. The second kappa shape index (κ2) is 11.1. The van der Waals surface area contributed by atoms with Gasteiger partial charge in [0.25, 0.3) is 0 Å². The maximum Gasteiger partial charge on any atom is 0.136 e. The van der Waals surface area contributed by atoms with Gasteiger partial charge in [0.1, 0.15) is 11.2 Å². The van der Waals surface area contributed by atoms with Crippen molar-refractivity contribution in [3.8, 4) is 44.5 Å². The Morgan fingerprint density at radius 2 is 0.776 bits per heavy atom. The second-order valence-corrected chi connectivity index (χ2v) is 10.5. The maximum atomic E-state index is 9.72. The molecule has 0 atom stereocenters. The minimum absolute atomic E-state index is 0.513. The van der Waals surface area contributed by atoms with E-state index in [-0.39, 0.29) is 0 Å². The lowest BCUT2D eigenvalue weighted by Crippen LogP contribution is -1.91. The number of fused-ring (bicyclic) bond motifs is 6. The van der Waals surface area contributed by atoms with Crippen LogP contribution in [0.5, 0.6) is 0 Å². The van der Waals surface area contributed by atoms with Crippen molar-refractivity contribution < 1.29 is 45.5 Å². The van der Waals surface area contributed by atoms with Crippen LogP contribution in [0.25, 0.3) is 98.8 Å². The lowest BCUT2D eigenvalue weighted by Gasteiger charge is -2.18. The Bertz CT molecular complexity index is 4450. The molecule has 0 aliphatic carbocycles. The van der Waals surface area contributed by atoms with Crippen LogP contribution >= 0.6 is 0 Å². The largest absolute Gasteiger partial charge is 0.456 e. The number of benzene rings is 9. The highest BCUT2D eigenvalue weighted by Gasteiger charge is 2.18. The summed E-state index contributed by atoms with van der Waals surface area (Å²) >= 11 is 0. The van der Waals surface area contributed by atoms with Gasteiger partial charge >= 0.3 is 0 Å². The molecule has 49 heavy (non-hydrogen) atoms. The summed E-state index contributed by atoms with van der Waals surface area (Å²) < 4.78 is 275. The molecule has 0 fully saturated rings. The average molecular weight is 653 g/mol. The molecule has 1 aromatic heterocycles. The van der Waals surface area contributed by atoms with Gasteiger partial charge in [-0.2, -0.15) is 0 Å². The van der Waals surface area contributed by atoms with Crippen LogP contribution in [-0.4, -0.2) is 0 Å². The maximum absolute atomic E-state index is 9.72. The van der Waals surface area contributed by atoms with Crippen molar-refractivity contribution in [2.75, 3.05) is 0 Å². The van der Waals surface area contributed by atoms with Crippen molar-refractivity contribution in [3.63, 3.8) is 0 Å². The molecule has 1 nitrogen and oxygen atoms in total. The summed E-state index contributed by atoms with van der Waals surface area (Å²) in [7, 11) is 0. The standard InChI is InChI=1S/C48H30O/c1-2-11-31(12-3-1)35-25-27-39-40-28-26-36(30-46(40)49-45(39)29-35)48-43-18-8-6-16-41(43)47(42-17-7-9-19-44(42)48)34-23-21-33(22-24-34)38-20-10-14-32-13-4-5-15-37(32)38/h1-30H/i1D,2D,3D,4D,5D,6D,7D,8D,9D,10D,11D,12D,13D,14D,15D,16D,17D,18D,19D,20D,21D,22D,23D,24D,25D,26D,27D,28D,29D,30D. The number of hydrogen-bond acceptors (Lipinski definition) is 1. The van der Waals surface area contributed by atoms with Crippen molar-refractivity contribution in [3.05, 3.63) is 181 Å². The molecule has 1 heteroatoms. The molecular weight excluding hydrogens is 593 g/mol. The number of furan rings is 1. The molecule has 0 amide bonds. The number of rotatable bonds is 4. The minimum atomic E-state index is -1.12. The molecule has 10 aromatic rings. The van der Waals surface area contributed by atoms with Gasteiger partial charge in [-0.05, 0) is 101 Å². The Labute approximate surface area is 326 Å². The smallest absolute Gasteiger partial charge is 0.136 e. The van der Waals surface area contributed by atoms with Gasteiger partial charge in [-0.1, -0.05) is 157 Å². The highest BCUT2D eigenvalue weighted by Crippen LogP contribution is 2.45. The van der Waals surface area contributed by atoms with Gasteiger partial charge in [0.2, 0.25) is 0 Å². The first kappa shape index (κ1) is 11.1. The third-order valence-electron chi connectivity index (χ3n) is 7.82. The first-order valence-corrected chi connectivity index (χ1v) is 14.4. The Morgan fingerprint density at radius 3 is 1.43 bits per heavy atom. The molecule has 0 saturated carbocycles. The van der Waals surface area contributed by atoms with Gasteiger partial charge in [-0.15, -0.1) is 0 Å². The Morgan fingerprint density at radius 1 is 0.306 bits per heavy atom. The quantitative estimate of drug-likeness (QED) is 0.172. The lowest BCUT2D eigenvalue weighted by molar-refractivity contribution is 0.669. The molecule has 0 saturated heterocycles. The van der Waals surface area contributed by atoms with E-state index >= 15 is 0 Å². The Hall–Kier alpha value is -6.44. The Kier molecular flexibility index (Phi) is 2.50. The van der Waals surface area contributed by atoms with E-state index in [0.29, 0.717) is 0 Å². The monoisotopic (exact) mass is 652 g/mol. The second-order valence-electron chi connectivity index (χ2n) is 10.5. The third-order valence-corrected chi connectivity index (χ3v) is 7.82. The zero-order valence-electron chi connectivity index (χ0n) is 54.4. The normalized spacial score (nSPS) is 20.2. The lowest BCUT2D eigenvalue weighted by atomic mass is 9.85. The zero-order chi connectivity index (χ0) is 58.4. The zero-order valence-corrected chi connectivity index (χ0v) is 24.4. The predicted octanol–water partition coefficient (Wildman–Crippen LogP) is 13.7. The summed E-state index contributed by atoms with van der Waals surface area (Å²) in [4.78, 5) is 0. The van der Waals surface area contributed by atoms with E-state index in [0.717, 1.165) is 0 Å². The molecule has 9 aromatic carbocycles. The molecule has 1 heterocycles. The van der Waals surface area contributed by atoms with Crippen LogP contribution in [0.1, 0.15) is 41.1 Å². The number of hydrogen-bond donors (Lipinski definition) is 0. The molecule has 0 bridgehead atoms. The summed E-state index contributed by atoms with van der Waals surface area (Å²) in [6.45, 7) is 0. The Balaban J connectivity index is 1.41. The summed E-state index contributed by atoms with van der Waals surface area (Å²) in [6, 6.07) is -28.3. The van der Waals surface area contributed by atoms with E-state index in [9.17, 15) is 16.4 Å². The van der Waals surface area contributed by atoms with Crippen LogP contribution in [0.2, 0.25) is 0 Å². The van der Waals surface area contributed by atoms with Crippen molar-refractivity contribution in [1.29, 1.82) is 0 Å². The molecule has 10 rings (SSSR count). The van der Waals surface area contributed by atoms with E-state index in [1.807, 2.05) is 0 Å². The summed E-state index contributed by atoms with van der Waals surface area (Å²) in [6.07, 6.45) is 0. The van der Waals surface area contributed by atoms with Crippen LogP contribution in [-0.2, 0) is 0 Å². The molecule has 0 spiro atoms. The van der Waals surface area contributed by atoms with Gasteiger partial charge in [-0.3, -0.25) is 0 Å². The van der Waals surface area contributed by atoms with Gasteiger partial charge in [0, 0.05) is 10.8 Å². The van der Waals surface area contributed by atoms with Crippen molar-refractivity contribution in [1.82, 2.24) is 0 Å². The van der Waals surface area contributed by atoms with E-state index < -0.39 is 280 Å².